The molecular formula is C13H20N2O3. The van der Waals surface area contributed by atoms with E-state index in [9.17, 15) is 9.59 Å². The van der Waals surface area contributed by atoms with Crippen LogP contribution >= 0.6 is 0 Å². The van der Waals surface area contributed by atoms with Crippen LogP contribution in [0.1, 0.15) is 24.2 Å². The van der Waals surface area contributed by atoms with Gasteiger partial charge in [0, 0.05) is 38.7 Å². The van der Waals surface area contributed by atoms with E-state index in [1.807, 2.05) is 13.8 Å². The molecule has 1 aromatic rings. The normalized spacial score (nSPS) is 10.7. The summed E-state index contributed by atoms with van der Waals surface area (Å²) >= 11 is 0. The van der Waals surface area contributed by atoms with Crippen LogP contribution in [0.3, 0.4) is 0 Å². The number of carbonyl (C=O) groups is 1. The average molecular weight is 252 g/mol. The minimum atomic E-state index is -0.259. The molecule has 0 aliphatic heterocycles. The van der Waals surface area contributed by atoms with E-state index >= 15 is 0 Å². The van der Waals surface area contributed by atoms with Gasteiger partial charge in [0.05, 0.1) is 6.61 Å². The maximum atomic E-state index is 12.3. The molecule has 0 radical (unpaired) electrons. The summed E-state index contributed by atoms with van der Waals surface area (Å²) in [5.41, 5.74) is -0.0841. The summed E-state index contributed by atoms with van der Waals surface area (Å²) in [5, 5.41) is 0. The Morgan fingerprint density at radius 2 is 2.22 bits per heavy atom. The monoisotopic (exact) mass is 252 g/mol. The second-order valence-electron chi connectivity index (χ2n) is 4.56. The molecular weight excluding hydrogens is 232 g/mol. The van der Waals surface area contributed by atoms with Gasteiger partial charge in [-0.05, 0) is 5.92 Å². The third kappa shape index (κ3) is 4.00. The van der Waals surface area contributed by atoms with Crippen LogP contribution in [0.2, 0.25) is 0 Å². The Bertz CT molecular complexity index is 440. The highest BCUT2D eigenvalue weighted by molar-refractivity contribution is 5.93. The summed E-state index contributed by atoms with van der Waals surface area (Å²) < 4.78 is 4.99. The van der Waals surface area contributed by atoms with Gasteiger partial charge in [-0.1, -0.05) is 13.8 Å². The number of nitrogens with zero attached hydrogens (tertiary/aromatic N) is 1. The number of carbonyl (C=O) groups excluding carboxylic acids is 1. The Morgan fingerprint density at radius 3 is 2.78 bits per heavy atom. The van der Waals surface area contributed by atoms with E-state index in [1.165, 1.54) is 18.5 Å². The zero-order valence-electron chi connectivity index (χ0n) is 11.1. The van der Waals surface area contributed by atoms with Crippen LogP contribution in [-0.4, -0.2) is 42.6 Å². The maximum absolute atomic E-state index is 12.3. The summed E-state index contributed by atoms with van der Waals surface area (Å²) in [6.45, 7) is 5.62. The van der Waals surface area contributed by atoms with Gasteiger partial charge >= 0.3 is 0 Å². The number of nitrogens with one attached hydrogen (secondary N) is 1. The third-order valence-electron chi connectivity index (χ3n) is 2.49. The Kier molecular flexibility index (Phi) is 5.58. The van der Waals surface area contributed by atoms with Gasteiger partial charge in [-0.25, -0.2) is 0 Å². The molecule has 18 heavy (non-hydrogen) atoms. The quantitative estimate of drug-likeness (QED) is 0.825. The molecule has 0 atom stereocenters. The Hall–Kier alpha value is -1.62. The molecule has 0 aliphatic carbocycles. The fourth-order valence-electron chi connectivity index (χ4n) is 1.67. The number of amides is 1. The molecule has 1 heterocycles. The SMILES string of the molecule is COCCN(CC(C)C)C(=O)c1c[nH]ccc1=O. The summed E-state index contributed by atoms with van der Waals surface area (Å²) in [6, 6.07) is 1.36. The lowest BCUT2D eigenvalue weighted by Crippen LogP contribution is -2.38. The number of hydrogen-bond donors (Lipinski definition) is 1. The molecule has 1 aromatic heterocycles. The zero-order valence-corrected chi connectivity index (χ0v) is 11.1. The molecule has 0 bridgehead atoms. The summed E-state index contributed by atoms with van der Waals surface area (Å²) in [6.07, 6.45) is 2.96. The minimum Gasteiger partial charge on any atom is -0.383 e. The number of aromatic nitrogens is 1. The first-order chi connectivity index (χ1) is 8.56. The van der Waals surface area contributed by atoms with Gasteiger partial charge in [0.15, 0.2) is 5.43 Å². The highest BCUT2D eigenvalue weighted by Crippen LogP contribution is 2.04. The van der Waals surface area contributed by atoms with Crippen LogP contribution in [0.25, 0.3) is 0 Å². The summed E-state index contributed by atoms with van der Waals surface area (Å²) in [4.78, 5) is 28.3. The fraction of sp³-hybridized carbons (Fsp3) is 0.538. The molecule has 1 rings (SSSR count). The lowest BCUT2D eigenvalue weighted by molar-refractivity contribution is 0.0670. The lowest BCUT2D eigenvalue weighted by Gasteiger charge is -2.24. The van der Waals surface area contributed by atoms with Crippen molar-refractivity contribution in [3.8, 4) is 0 Å². The van der Waals surface area contributed by atoms with E-state index in [-0.39, 0.29) is 16.9 Å². The van der Waals surface area contributed by atoms with Crippen LogP contribution in [-0.2, 0) is 4.74 Å². The van der Waals surface area contributed by atoms with Crippen molar-refractivity contribution in [3.05, 3.63) is 34.2 Å². The standard InChI is InChI=1S/C13H20N2O3/c1-10(2)9-15(6-7-18-3)13(17)11-8-14-5-4-12(11)16/h4-5,8,10H,6-7,9H2,1-3H3,(H,14,16). The van der Waals surface area contributed by atoms with Gasteiger partial charge in [-0.3, -0.25) is 9.59 Å². The van der Waals surface area contributed by atoms with Gasteiger partial charge in [0.25, 0.3) is 5.91 Å². The predicted octanol–water partition coefficient (Wildman–Crippen LogP) is 1.12. The predicted molar refractivity (Wildman–Crippen MR) is 69.7 cm³/mol. The van der Waals surface area contributed by atoms with Crippen LogP contribution in [0, 0.1) is 5.92 Å². The number of pyridine rings is 1. The van der Waals surface area contributed by atoms with Crippen LogP contribution in [0.15, 0.2) is 23.3 Å². The Labute approximate surface area is 107 Å². The lowest BCUT2D eigenvalue weighted by atomic mass is 10.1. The van der Waals surface area contributed by atoms with Crippen LogP contribution in [0.5, 0.6) is 0 Å². The van der Waals surface area contributed by atoms with Crippen molar-refractivity contribution >= 4 is 5.91 Å². The van der Waals surface area contributed by atoms with Crippen molar-refractivity contribution in [3.63, 3.8) is 0 Å². The van der Waals surface area contributed by atoms with Crippen molar-refractivity contribution < 1.29 is 9.53 Å². The maximum Gasteiger partial charge on any atom is 0.259 e. The van der Waals surface area contributed by atoms with Gasteiger partial charge < -0.3 is 14.6 Å². The molecule has 5 nitrogen and oxygen atoms in total. The molecule has 0 aromatic carbocycles. The highest BCUT2D eigenvalue weighted by atomic mass is 16.5. The molecule has 0 fully saturated rings. The second-order valence-corrected chi connectivity index (χ2v) is 4.56. The number of H-pyrrole nitrogens is 1. The number of hydrogen-bond acceptors (Lipinski definition) is 3. The number of ether oxygens (including phenoxy) is 1. The van der Waals surface area contributed by atoms with Crippen molar-refractivity contribution in [2.45, 2.75) is 13.8 Å². The molecule has 0 unspecified atom stereocenters. The molecule has 0 aliphatic rings. The second kappa shape index (κ2) is 6.96. The Balaban J connectivity index is 2.88. The molecule has 0 spiro atoms. The van der Waals surface area contributed by atoms with E-state index in [4.69, 9.17) is 4.74 Å². The zero-order chi connectivity index (χ0) is 13.5. The van der Waals surface area contributed by atoms with Crippen LogP contribution in [0.4, 0.5) is 0 Å². The Morgan fingerprint density at radius 1 is 1.50 bits per heavy atom. The average Bonchev–Trinajstić information content (AvgIpc) is 2.34. The molecule has 0 saturated carbocycles. The van der Waals surface area contributed by atoms with Gasteiger partial charge in [-0.15, -0.1) is 0 Å². The van der Waals surface area contributed by atoms with Crippen molar-refractivity contribution in [2.75, 3.05) is 26.8 Å². The van der Waals surface area contributed by atoms with E-state index in [2.05, 4.69) is 4.98 Å². The van der Waals surface area contributed by atoms with Gasteiger partial charge in [0.2, 0.25) is 0 Å². The summed E-state index contributed by atoms with van der Waals surface area (Å²) in [7, 11) is 1.59. The first-order valence-corrected chi connectivity index (χ1v) is 6.01. The molecule has 1 N–H and O–H groups in total. The molecule has 100 valence electrons. The number of aromatic amines is 1. The number of methoxy groups -OCH3 is 1. The largest absolute Gasteiger partial charge is 0.383 e. The molecule has 5 heteroatoms. The number of rotatable bonds is 6. The van der Waals surface area contributed by atoms with E-state index in [1.54, 1.807) is 12.0 Å². The minimum absolute atomic E-state index is 0.175. The highest BCUT2D eigenvalue weighted by Gasteiger charge is 2.18. The summed E-state index contributed by atoms with van der Waals surface area (Å²) in [5.74, 6) is 0.0937. The fourth-order valence-corrected chi connectivity index (χ4v) is 1.67. The van der Waals surface area contributed by atoms with Crippen LogP contribution < -0.4 is 5.43 Å². The smallest absolute Gasteiger partial charge is 0.259 e. The molecule has 1 amide bonds. The van der Waals surface area contributed by atoms with E-state index in [0.29, 0.717) is 25.6 Å². The van der Waals surface area contributed by atoms with Gasteiger partial charge in [0.1, 0.15) is 5.56 Å². The third-order valence-corrected chi connectivity index (χ3v) is 2.49. The van der Waals surface area contributed by atoms with Crippen molar-refractivity contribution in [1.82, 2.24) is 9.88 Å². The first kappa shape index (κ1) is 14.4. The first-order valence-electron chi connectivity index (χ1n) is 6.01. The van der Waals surface area contributed by atoms with E-state index in [0.717, 1.165) is 0 Å². The molecule has 0 saturated heterocycles. The van der Waals surface area contributed by atoms with Crippen molar-refractivity contribution in [2.24, 2.45) is 5.92 Å². The topological polar surface area (TPSA) is 62.4 Å². The van der Waals surface area contributed by atoms with Gasteiger partial charge in [-0.2, -0.15) is 0 Å². The van der Waals surface area contributed by atoms with Crippen molar-refractivity contribution in [1.29, 1.82) is 0 Å². The van der Waals surface area contributed by atoms with E-state index < -0.39 is 0 Å².